The summed E-state index contributed by atoms with van der Waals surface area (Å²) >= 11 is 0. The molecule has 0 radical (unpaired) electrons. The van der Waals surface area contributed by atoms with E-state index in [0.29, 0.717) is 6.61 Å². The summed E-state index contributed by atoms with van der Waals surface area (Å²) in [5, 5.41) is 4.25. The highest BCUT2D eigenvalue weighted by Crippen LogP contribution is 2.34. The molecule has 4 rings (SSSR count). The maximum absolute atomic E-state index is 13.0. The average molecular weight is 370 g/mol. The molecule has 0 saturated carbocycles. The maximum atomic E-state index is 13.0. The summed E-state index contributed by atoms with van der Waals surface area (Å²) in [6.07, 6.45) is 5.61. The predicted octanol–water partition coefficient (Wildman–Crippen LogP) is 3.97. The third kappa shape index (κ3) is 3.86. The molecule has 2 aliphatic rings. The van der Waals surface area contributed by atoms with E-state index in [2.05, 4.69) is 5.16 Å². The molecule has 0 bridgehead atoms. The van der Waals surface area contributed by atoms with Crippen molar-refractivity contribution in [1.82, 2.24) is 10.1 Å². The van der Waals surface area contributed by atoms with Crippen molar-refractivity contribution in [3.05, 3.63) is 36.1 Å². The van der Waals surface area contributed by atoms with Crippen LogP contribution in [0.1, 0.15) is 50.3 Å². The van der Waals surface area contributed by atoms with Crippen molar-refractivity contribution >= 4 is 5.91 Å². The number of carbonyl (C=O) groups excluding carboxylic acids is 1. The van der Waals surface area contributed by atoms with Gasteiger partial charge in [-0.2, -0.15) is 0 Å². The van der Waals surface area contributed by atoms with E-state index < -0.39 is 0 Å². The van der Waals surface area contributed by atoms with Crippen molar-refractivity contribution in [3.8, 4) is 17.0 Å². The molecule has 2 atom stereocenters. The number of hydrogen-bond acceptors (Lipinski definition) is 5. The van der Waals surface area contributed by atoms with Crippen LogP contribution in [0.3, 0.4) is 0 Å². The second kappa shape index (κ2) is 8.13. The highest BCUT2D eigenvalue weighted by molar-refractivity contribution is 5.81. The van der Waals surface area contributed by atoms with Crippen LogP contribution < -0.4 is 4.74 Å². The van der Waals surface area contributed by atoms with Crippen LogP contribution in [-0.4, -0.2) is 42.3 Å². The van der Waals surface area contributed by atoms with Crippen molar-refractivity contribution in [1.29, 1.82) is 0 Å². The van der Waals surface area contributed by atoms with E-state index in [1.165, 1.54) is 0 Å². The number of likely N-dealkylation sites (tertiary alicyclic amines) is 1. The topological polar surface area (TPSA) is 64.8 Å². The van der Waals surface area contributed by atoms with Gasteiger partial charge in [0.1, 0.15) is 17.5 Å². The zero-order valence-electron chi connectivity index (χ0n) is 15.7. The average Bonchev–Trinajstić information content (AvgIpc) is 3.36. The Balaban J connectivity index is 1.57. The molecular formula is C21H26N2O4. The lowest BCUT2D eigenvalue weighted by Gasteiger charge is -2.30. The van der Waals surface area contributed by atoms with Crippen molar-refractivity contribution < 1.29 is 18.8 Å². The zero-order chi connectivity index (χ0) is 18.6. The molecule has 2 fully saturated rings. The molecule has 2 aromatic rings. The number of methoxy groups -OCH3 is 1. The number of benzene rings is 1. The Hall–Kier alpha value is -2.34. The van der Waals surface area contributed by atoms with E-state index in [1.54, 1.807) is 7.11 Å². The number of rotatable bonds is 4. The van der Waals surface area contributed by atoms with Gasteiger partial charge in [0.25, 0.3) is 5.91 Å². The standard InChI is InChI=1S/C21H26N2O4/c1-25-16-10-8-15(9-11-16)17-14-20(27-22-17)18-6-3-2-4-12-23(18)21(24)19-7-5-13-26-19/h8-11,14,18-19H,2-7,12-13H2,1H3/t18-,19+/m0/s1. The first-order valence-corrected chi connectivity index (χ1v) is 9.79. The summed E-state index contributed by atoms with van der Waals surface area (Å²) < 4.78 is 16.5. The van der Waals surface area contributed by atoms with Gasteiger partial charge in [0, 0.05) is 24.8 Å². The number of nitrogens with zero attached hydrogens (tertiary/aromatic N) is 2. The van der Waals surface area contributed by atoms with Crippen LogP contribution >= 0.6 is 0 Å². The Morgan fingerprint density at radius 2 is 2.00 bits per heavy atom. The van der Waals surface area contributed by atoms with Gasteiger partial charge in [0.2, 0.25) is 0 Å². The zero-order valence-corrected chi connectivity index (χ0v) is 15.7. The fourth-order valence-electron chi connectivity index (χ4n) is 3.97. The van der Waals surface area contributed by atoms with Crippen molar-refractivity contribution in [2.45, 2.75) is 50.7 Å². The van der Waals surface area contributed by atoms with Crippen molar-refractivity contribution in [2.24, 2.45) is 0 Å². The Kier molecular flexibility index (Phi) is 5.43. The number of ether oxygens (including phenoxy) is 2. The van der Waals surface area contributed by atoms with Crippen molar-refractivity contribution in [2.75, 3.05) is 20.3 Å². The molecule has 2 aliphatic heterocycles. The molecule has 0 aliphatic carbocycles. The molecule has 0 N–H and O–H groups in total. The Morgan fingerprint density at radius 1 is 1.15 bits per heavy atom. The summed E-state index contributed by atoms with van der Waals surface area (Å²) in [6.45, 7) is 1.43. The van der Waals surface area contributed by atoms with E-state index in [4.69, 9.17) is 14.0 Å². The molecule has 6 heteroatoms. The van der Waals surface area contributed by atoms with Gasteiger partial charge in [-0.05, 0) is 49.9 Å². The van der Waals surface area contributed by atoms with E-state index >= 15 is 0 Å². The minimum Gasteiger partial charge on any atom is -0.497 e. The van der Waals surface area contributed by atoms with Gasteiger partial charge in [-0.25, -0.2) is 0 Å². The minimum atomic E-state index is -0.297. The predicted molar refractivity (Wildman–Crippen MR) is 100 cm³/mol. The molecule has 1 amide bonds. The van der Waals surface area contributed by atoms with Crippen LogP contribution in [0, 0.1) is 0 Å². The summed E-state index contributed by atoms with van der Waals surface area (Å²) in [7, 11) is 1.65. The Morgan fingerprint density at radius 3 is 2.74 bits per heavy atom. The van der Waals surface area contributed by atoms with E-state index in [1.807, 2.05) is 35.2 Å². The molecule has 27 heavy (non-hydrogen) atoms. The van der Waals surface area contributed by atoms with Crippen LogP contribution in [-0.2, 0) is 9.53 Å². The molecule has 3 heterocycles. The van der Waals surface area contributed by atoms with Gasteiger partial charge in [0.15, 0.2) is 5.76 Å². The number of aromatic nitrogens is 1. The van der Waals surface area contributed by atoms with Crippen LogP contribution in [0.15, 0.2) is 34.9 Å². The molecule has 0 unspecified atom stereocenters. The van der Waals surface area contributed by atoms with Gasteiger partial charge < -0.3 is 18.9 Å². The molecule has 2 saturated heterocycles. The molecular weight excluding hydrogens is 344 g/mol. The minimum absolute atomic E-state index is 0.0660. The van der Waals surface area contributed by atoms with Crippen LogP contribution in [0.4, 0.5) is 0 Å². The van der Waals surface area contributed by atoms with Crippen molar-refractivity contribution in [3.63, 3.8) is 0 Å². The largest absolute Gasteiger partial charge is 0.497 e. The van der Waals surface area contributed by atoms with Gasteiger partial charge >= 0.3 is 0 Å². The quantitative estimate of drug-likeness (QED) is 0.815. The lowest BCUT2D eigenvalue weighted by atomic mass is 10.0. The lowest BCUT2D eigenvalue weighted by Crippen LogP contribution is -2.41. The molecule has 0 spiro atoms. The third-order valence-corrected chi connectivity index (χ3v) is 5.48. The third-order valence-electron chi connectivity index (χ3n) is 5.48. The van der Waals surface area contributed by atoms with Gasteiger partial charge in [0.05, 0.1) is 13.2 Å². The summed E-state index contributed by atoms with van der Waals surface area (Å²) in [5.41, 5.74) is 1.75. The fourth-order valence-corrected chi connectivity index (χ4v) is 3.97. The molecule has 1 aromatic carbocycles. The van der Waals surface area contributed by atoms with Gasteiger partial charge in [-0.15, -0.1) is 0 Å². The lowest BCUT2D eigenvalue weighted by molar-refractivity contribution is -0.144. The normalized spacial score (nSPS) is 23.2. The van der Waals surface area contributed by atoms with Crippen LogP contribution in [0.25, 0.3) is 11.3 Å². The maximum Gasteiger partial charge on any atom is 0.252 e. The number of carbonyl (C=O) groups is 1. The van der Waals surface area contributed by atoms with E-state index in [0.717, 1.165) is 67.8 Å². The SMILES string of the molecule is COc1ccc(-c2cc([C@@H]3CCCCCN3C(=O)[C@H]3CCCO3)on2)cc1. The highest BCUT2D eigenvalue weighted by atomic mass is 16.5. The summed E-state index contributed by atoms with van der Waals surface area (Å²) in [6, 6.07) is 9.63. The summed E-state index contributed by atoms with van der Waals surface area (Å²) in [5.74, 6) is 1.66. The first kappa shape index (κ1) is 18.0. The highest BCUT2D eigenvalue weighted by Gasteiger charge is 2.35. The van der Waals surface area contributed by atoms with Crippen LogP contribution in [0.5, 0.6) is 5.75 Å². The first-order chi connectivity index (χ1) is 13.3. The van der Waals surface area contributed by atoms with Crippen LogP contribution in [0.2, 0.25) is 0 Å². The Bertz CT molecular complexity index is 765. The smallest absolute Gasteiger partial charge is 0.252 e. The fraction of sp³-hybridized carbons (Fsp3) is 0.524. The molecule has 144 valence electrons. The second-order valence-electron chi connectivity index (χ2n) is 7.24. The summed E-state index contributed by atoms with van der Waals surface area (Å²) in [4.78, 5) is 15.0. The molecule has 1 aromatic heterocycles. The van der Waals surface area contributed by atoms with Gasteiger partial charge in [-0.1, -0.05) is 18.0 Å². The van der Waals surface area contributed by atoms with E-state index in [9.17, 15) is 4.79 Å². The van der Waals surface area contributed by atoms with E-state index in [-0.39, 0.29) is 18.1 Å². The number of hydrogen-bond donors (Lipinski definition) is 0. The van der Waals surface area contributed by atoms with Gasteiger partial charge in [-0.3, -0.25) is 4.79 Å². The number of amides is 1. The monoisotopic (exact) mass is 370 g/mol. The second-order valence-corrected chi connectivity index (χ2v) is 7.24. The molecule has 6 nitrogen and oxygen atoms in total. The Labute approximate surface area is 159 Å². The first-order valence-electron chi connectivity index (χ1n) is 9.79.